The first kappa shape index (κ1) is 54.5. The van der Waals surface area contributed by atoms with Crippen molar-refractivity contribution in [3.8, 4) is 23.0 Å². The van der Waals surface area contributed by atoms with Gasteiger partial charge in [0.1, 0.15) is 18.0 Å². The van der Waals surface area contributed by atoms with Crippen LogP contribution in [0.15, 0.2) is 78.9 Å². The fourth-order valence-corrected chi connectivity index (χ4v) is 10.1. The van der Waals surface area contributed by atoms with E-state index in [1.54, 1.807) is 38.5 Å². The highest BCUT2D eigenvalue weighted by molar-refractivity contribution is 6.33. The molecule has 10 rings (SSSR count). The SMILES string of the molecule is COC(=O)[C@H]1[C@H]2C[C@@H]3c4[nH]c5cc(OC)ccc5c4CCN3C[C@H]2C[C@@H](OC(=O)c2cc(OC)c(OC)c(OC)c2)[C@@H]1OC.Clc1nc(Cl)nc(Nc2ccccc2Cl)n1.O=C1C=CC(=O)N1.O=C1C=CC(=O)N1. The van der Waals surface area contributed by atoms with Gasteiger partial charge < -0.3 is 43.5 Å². The highest BCUT2D eigenvalue weighted by Gasteiger charge is 2.54. The molecule has 0 bridgehead atoms. The van der Waals surface area contributed by atoms with Gasteiger partial charge in [0.05, 0.1) is 63.8 Å². The molecular weight excluding hydrogens is 1030 g/mol. The zero-order valence-corrected chi connectivity index (χ0v) is 43.0. The van der Waals surface area contributed by atoms with Crippen molar-refractivity contribution in [2.75, 3.05) is 61.1 Å². The van der Waals surface area contributed by atoms with Gasteiger partial charge in [-0.3, -0.25) is 39.5 Å². The summed E-state index contributed by atoms with van der Waals surface area (Å²) < 4.78 is 39.1. The first-order valence-electron chi connectivity index (χ1n) is 22.8. The Morgan fingerprint density at radius 2 is 1.36 bits per heavy atom. The van der Waals surface area contributed by atoms with E-state index in [1.165, 1.54) is 69.4 Å². The molecule has 21 nitrogen and oxygen atoms in total. The summed E-state index contributed by atoms with van der Waals surface area (Å²) in [6.07, 6.45) is 5.71. The van der Waals surface area contributed by atoms with E-state index >= 15 is 0 Å². The zero-order chi connectivity index (χ0) is 53.2. The minimum absolute atomic E-state index is 0.0170. The second-order valence-corrected chi connectivity index (χ2v) is 18.0. The number of methoxy groups -OCH3 is 6. The molecule has 4 amide bonds. The molecule has 1 saturated carbocycles. The number of hydrogen-bond acceptors (Lipinski definition) is 18. The molecule has 0 unspecified atom stereocenters. The van der Waals surface area contributed by atoms with Gasteiger partial charge in [-0.05, 0) is 96.3 Å². The Kier molecular flexibility index (Phi) is 18.1. The van der Waals surface area contributed by atoms with Crippen molar-refractivity contribution in [1.82, 2.24) is 35.5 Å². The van der Waals surface area contributed by atoms with E-state index in [9.17, 15) is 28.8 Å². The molecule has 6 atom stereocenters. The Bertz CT molecular complexity index is 2890. The third kappa shape index (κ3) is 12.7. The zero-order valence-electron chi connectivity index (χ0n) is 40.7. The Morgan fingerprint density at radius 1 is 0.743 bits per heavy atom. The molecule has 3 aromatic carbocycles. The van der Waals surface area contributed by atoms with Crippen LogP contribution in [-0.4, -0.2) is 128 Å². The van der Waals surface area contributed by atoms with Gasteiger partial charge in [0, 0.05) is 67.2 Å². The predicted octanol–water partition coefficient (Wildman–Crippen LogP) is 6.14. The maximum Gasteiger partial charge on any atom is 0.338 e. The number of piperidine rings is 1. The molecule has 24 heteroatoms. The topological polar surface area (TPSA) is 261 Å². The Hall–Kier alpha value is -7.30. The summed E-state index contributed by atoms with van der Waals surface area (Å²) >= 11 is 17.2. The second kappa shape index (κ2) is 24.6. The first-order valence-corrected chi connectivity index (χ1v) is 23.9. The van der Waals surface area contributed by atoms with Crippen LogP contribution in [0.2, 0.25) is 15.6 Å². The van der Waals surface area contributed by atoms with Crippen LogP contribution in [0.1, 0.15) is 40.5 Å². The number of carbonyl (C=O) groups excluding carboxylic acids is 6. The molecule has 1 aliphatic carbocycles. The number of hydrogen-bond donors (Lipinski definition) is 4. The van der Waals surface area contributed by atoms with Crippen LogP contribution in [0.3, 0.4) is 0 Å². The standard InChI is InChI=1S/C33H40N2O9.C9H5Cl3N4.2C4H3NO2/c1-38-19-7-8-20-21-9-10-35-16-18-13-27(44-32(36)17-11-25(39-2)30(41-4)26(12-17)40-3)31(42-5)28(33(37)43-6)22(18)15-24(35)29(21)34-23(20)14-19;10-5-3-1-2-4-6(5)13-9-15-7(11)14-8(12)16-9;2*6-3-1-2-4(7)5-3/h7-8,11-12,14,18,22,24,27-28,31,34H,9-10,13,15-16H2,1-6H3;1-4H,(H,13,14,15,16);2*1-2H,(H,5,6,7)/t18-,22+,24-,27-,28+,31+;;;/m1.../s1. The van der Waals surface area contributed by atoms with Crippen molar-refractivity contribution in [1.29, 1.82) is 0 Å². The van der Waals surface area contributed by atoms with Crippen LogP contribution in [0.4, 0.5) is 11.6 Å². The monoisotopic (exact) mass is 1080 g/mol. The molecule has 5 aliphatic rings. The quantitative estimate of drug-likeness (QED) is 0.0904. The number of anilines is 2. The fraction of sp³-hybridized carbons (Fsp3) is 0.340. The van der Waals surface area contributed by atoms with Crippen molar-refractivity contribution in [3.63, 3.8) is 0 Å². The van der Waals surface area contributed by atoms with Gasteiger partial charge in [-0.2, -0.15) is 15.0 Å². The minimum atomic E-state index is -0.670. The van der Waals surface area contributed by atoms with Gasteiger partial charge in [-0.25, -0.2) is 4.79 Å². The van der Waals surface area contributed by atoms with Crippen LogP contribution in [0, 0.1) is 17.8 Å². The number of para-hydroxylation sites is 1. The number of H-pyrrole nitrogens is 1. The molecule has 390 valence electrons. The molecule has 1 saturated heterocycles. The smallest absolute Gasteiger partial charge is 0.338 e. The number of ether oxygens (including phenoxy) is 7. The molecule has 74 heavy (non-hydrogen) atoms. The molecule has 5 aromatic rings. The second-order valence-electron chi connectivity index (χ2n) is 16.9. The summed E-state index contributed by atoms with van der Waals surface area (Å²) in [5.74, 6) is -0.626. The molecule has 2 fully saturated rings. The Morgan fingerprint density at radius 3 is 1.89 bits per heavy atom. The predicted molar refractivity (Wildman–Crippen MR) is 270 cm³/mol. The number of benzene rings is 3. The molecule has 6 heterocycles. The van der Waals surface area contributed by atoms with Crippen molar-refractivity contribution >= 4 is 92.9 Å². The molecular formula is C50H51Cl3N8O13. The molecule has 2 aromatic heterocycles. The van der Waals surface area contributed by atoms with Crippen molar-refractivity contribution in [2.24, 2.45) is 17.8 Å². The highest BCUT2D eigenvalue weighted by atomic mass is 35.5. The molecule has 0 spiro atoms. The van der Waals surface area contributed by atoms with Crippen LogP contribution in [-0.2, 0) is 44.6 Å². The first-order chi connectivity index (χ1) is 35.6. The number of carbonyl (C=O) groups is 6. The summed E-state index contributed by atoms with van der Waals surface area (Å²) in [5, 5.41) is 8.76. The van der Waals surface area contributed by atoms with E-state index in [4.69, 9.17) is 68.0 Å². The van der Waals surface area contributed by atoms with Crippen molar-refractivity contribution in [2.45, 2.75) is 37.5 Å². The third-order valence-corrected chi connectivity index (χ3v) is 13.4. The number of esters is 2. The number of nitrogens with one attached hydrogen (secondary N) is 4. The number of rotatable bonds is 10. The maximum atomic E-state index is 13.5. The van der Waals surface area contributed by atoms with Crippen LogP contribution in [0.25, 0.3) is 10.9 Å². The number of halogens is 3. The van der Waals surface area contributed by atoms with E-state index in [0.29, 0.717) is 34.4 Å². The van der Waals surface area contributed by atoms with Crippen molar-refractivity contribution in [3.05, 3.63) is 111 Å². The van der Waals surface area contributed by atoms with E-state index < -0.39 is 24.1 Å². The van der Waals surface area contributed by atoms with Crippen LogP contribution < -0.4 is 34.9 Å². The Balaban J connectivity index is 0.000000214. The van der Waals surface area contributed by atoms with Gasteiger partial charge >= 0.3 is 11.9 Å². The largest absolute Gasteiger partial charge is 0.497 e. The summed E-state index contributed by atoms with van der Waals surface area (Å²) in [6, 6.07) is 16.6. The lowest BCUT2D eigenvalue weighted by Crippen LogP contribution is -2.58. The van der Waals surface area contributed by atoms with Crippen LogP contribution in [0.5, 0.6) is 23.0 Å². The third-order valence-electron chi connectivity index (χ3n) is 12.7. The molecule has 4 aliphatic heterocycles. The lowest BCUT2D eigenvalue weighted by atomic mass is 9.63. The molecule has 0 radical (unpaired) electrons. The summed E-state index contributed by atoms with van der Waals surface area (Å²) in [7, 11) is 9.10. The number of fused-ring (bicyclic) bond motifs is 6. The lowest BCUT2D eigenvalue weighted by molar-refractivity contribution is -0.176. The highest BCUT2D eigenvalue weighted by Crippen LogP contribution is 2.51. The molecule has 4 N–H and O–H groups in total. The number of aromatic nitrogens is 4. The number of imide groups is 2. The van der Waals surface area contributed by atoms with Gasteiger partial charge in [0.2, 0.25) is 22.3 Å². The number of aromatic amines is 1. The van der Waals surface area contributed by atoms with Crippen LogP contribution >= 0.6 is 34.8 Å². The van der Waals surface area contributed by atoms with E-state index in [-0.39, 0.29) is 69.6 Å². The fourth-order valence-electron chi connectivity index (χ4n) is 9.54. The van der Waals surface area contributed by atoms with Gasteiger partial charge in [-0.1, -0.05) is 23.7 Å². The van der Waals surface area contributed by atoms with Crippen molar-refractivity contribution < 1.29 is 61.9 Å². The van der Waals surface area contributed by atoms with E-state index in [0.717, 1.165) is 37.2 Å². The average molecular weight is 1080 g/mol. The average Bonchev–Trinajstić information content (AvgIpc) is 4.10. The summed E-state index contributed by atoms with van der Waals surface area (Å²) in [4.78, 5) is 84.6. The maximum absolute atomic E-state index is 13.5. The Labute approximate surface area is 439 Å². The van der Waals surface area contributed by atoms with E-state index in [2.05, 4.69) is 36.2 Å². The summed E-state index contributed by atoms with van der Waals surface area (Å²) in [6.45, 7) is 1.68. The minimum Gasteiger partial charge on any atom is -0.497 e. The van der Waals surface area contributed by atoms with Gasteiger partial charge in [0.25, 0.3) is 23.6 Å². The normalized spacial score (nSPS) is 21.1. The number of nitrogens with zero attached hydrogens (tertiary/aromatic N) is 4. The number of amides is 4. The van der Waals surface area contributed by atoms with E-state index in [1.807, 2.05) is 34.9 Å². The van der Waals surface area contributed by atoms with Gasteiger partial charge in [-0.15, -0.1) is 0 Å². The lowest BCUT2D eigenvalue weighted by Gasteiger charge is -2.52. The van der Waals surface area contributed by atoms with Gasteiger partial charge in [0.15, 0.2) is 11.5 Å². The summed E-state index contributed by atoms with van der Waals surface area (Å²) in [5.41, 5.74) is 4.50.